The topological polar surface area (TPSA) is 32.3 Å². The van der Waals surface area contributed by atoms with Gasteiger partial charge in [0.05, 0.1) is 12.6 Å². The van der Waals surface area contributed by atoms with E-state index < -0.39 is 0 Å². The second-order valence-corrected chi connectivity index (χ2v) is 4.95. The van der Waals surface area contributed by atoms with Gasteiger partial charge in [-0.3, -0.25) is 4.79 Å². The molecular weight excluding hydrogens is 267 g/mol. The Balaban J connectivity index is 0.00000180. The summed E-state index contributed by atoms with van der Waals surface area (Å²) in [5.41, 5.74) is 0.631. The molecule has 1 N–H and O–H groups in total. The molecule has 0 bridgehead atoms. The van der Waals surface area contributed by atoms with Gasteiger partial charge in [-0.05, 0) is 25.5 Å². The monoisotopic (exact) mass is 286 g/mol. The van der Waals surface area contributed by atoms with Crippen molar-refractivity contribution in [1.29, 1.82) is 0 Å². The van der Waals surface area contributed by atoms with E-state index in [4.69, 9.17) is 0 Å². The van der Waals surface area contributed by atoms with Gasteiger partial charge in [-0.1, -0.05) is 25.1 Å². The van der Waals surface area contributed by atoms with E-state index in [1.165, 1.54) is 6.07 Å². The van der Waals surface area contributed by atoms with Crippen LogP contribution < -0.4 is 5.32 Å². The van der Waals surface area contributed by atoms with Gasteiger partial charge in [0.2, 0.25) is 5.91 Å². The minimum atomic E-state index is -0.223. The van der Waals surface area contributed by atoms with Crippen LogP contribution in [0.25, 0.3) is 0 Å². The van der Waals surface area contributed by atoms with E-state index >= 15 is 0 Å². The fraction of sp³-hybridized carbons (Fsp3) is 0.500. The Morgan fingerprint density at radius 1 is 1.47 bits per heavy atom. The molecule has 3 nitrogen and oxygen atoms in total. The third-order valence-electron chi connectivity index (χ3n) is 3.42. The highest BCUT2D eigenvalue weighted by molar-refractivity contribution is 5.85. The number of hydrogen-bond donors (Lipinski definition) is 1. The maximum absolute atomic E-state index is 13.8. The predicted molar refractivity (Wildman–Crippen MR) is 75.8 cm³/mol. The van der Waals surface area contributed by atoms with Crippen molar-refractivity contribution in [2.24, 2.45) is 5.92 Å². The maximum Gasteiger partial charge on any atom is 0.237 e. The number of hydrogen-bond acceptors (Lipinski definition) is 2. The van der Waals surface area contributed by atoms with Crippen molar-refractivity contribution >= 4 is 18.3 Å². The van der Waals surface area contributed by atoms with Crippen molar-refractivity contribution in [1.82, 2.24) is 10.2 Å². The Morgan fingerprint density at radius 2 is 2.16 bits per heavy atom. The van der Waals surface area contributed by atoms with Crippen molar-refractivity contribution in [3.8, 4) is 0 Å². The van der Waals surface area contributed by atoms with E-state index in [-0.39, 0.29) is 30.2 Å². The molecule has 1 heterocycles. The first-order chi connectivity index (χ1) is 8.63. The van der Waals surface area contributed by atoms with E-state index in [1.807, 2.05) is 6.07 Å². The van der Waals surface area contributed by atoms with Gasteiger partial charge in [-0.15, -0.1) is 12.4 Å². The molecule has 0 aromatic heterocycles. The van der Waals surface area contributed by atoms with Gasteiger partial charge < -0.3 is 10.2 Å². The Morgan fingerprint density at radius 3 is 2.79 bits per heavy atom. The summed E-state index contributed by atoms with van der Waals surface area (Å²) in [4.78, 5) is 13.8. The Hall–Kier alpha value is -1.13. The van der Waals surface area contributed by atoms with E-state index in [2.05, 4.69) is 12.2 Å². The number of likely N-dealkylation sites (N-methyl/N-ethyl adjacent to an activating group) is 1. The number of likely N-dealkylation sites (tertiary alicyclic amines) is 1. The standard InChI is InChI=1S/C14H19FN2O.ClH/c1-10-7-13(11-5-3-4-6-12(11)15)17(9-10)14(18)8-16-2;/h3-6,10,13,16H,7-9H2,1-2H3;1H. The van der Waals surface area contributed by atoms with Crippen molar-refractivity contribution in [3.05, 3.63) is 35.6 Å². The molecule has 1 aromatic rings. The number of carbonyl (C=O) groups excluding carboxylic acids is 1. The molecular formula is C14H20ClFN2O. The Kier molecular flexibility index (Phi) is 5.76. The summed E-state index contributed by atoms with van der Waals surface area (Å²) in [5.74, 6) is 0.226. The van der Waals surface area contributed by atoms with Crippen LogP contribution in [0.4, 0.5) is 4.39 Å². The van der Waals surface area contributed by atoms with Crippen molar-refractivity contribution in [2.45, 2.75) is 19.4 Å². The second kappa shape index (κ2) is 6.87. The quantitative estimate of drug-likeness (QED) is 0.925. The highest BCUT2D eigenvalue weighted by Gasteiger charge is 2.34. The summed E-state index contributed by atoms with van der Waals surface area (Å²) >= 11 is 0. The number of carbonyl (C=O) groups is 1. The van der Waals surface area contributed by atoms with Gasteiger partial charge in [-0.2, -0.15) is 0 Å². The van der Waals surface area contributed by atoms with E-state index in [9.17, 15) is 9.18 Å². The Bertz CT molecular complexity index is 441. The zero-order valence-corrected chi connectivity index (χ0v) is 12.0. The van der Waals surface area contributed by atoms with Crippen LogP contribution in [0.1, 0.15) is 24.9 Å². The lowest BCUT2D eigenvalue weighted by molar-refractivity contribution is -0.131. The fourth-order valence-electron chi connectivity index (χ4n) is 2.61. The van der Waals surface area contributed by atoms with Crippen LogP contribution in [-0.2, 0) is 4.79 Å². The number of benzene rings is 1. The number of nitrogens with zero attached hydrogens (tertiary/aromatic N) is 1. The van der Waals surface area contributed by atoms with Gasteiger partial charge in [0.15, 0.2) is 0 Å². The minimum absolute atomic E-state index is 0. The average molecular weight is 287 g/mol. The van der Waals surface area contributed by atoms with Crippen LogP contribution in [-0.4, -0.2) is 30.9 Å². The lowest BCUT2D eigenvalue weighted by Crippen LogP contribution is -2.37. The zero-order chi connectivity index (χ0) is 13.1. The molecule has 19 heavy (non-hydrogen) atoms. The van der Waals surface area contributed by atoms with Gasteiger partial charge in [0.1, 0.15) is 5.82 Å². The van der Waals surface area contributed by atoms with E-state index in [0.29, 0.717) is 24.6 Å². The van der Waals surface area contributed by atoms with Gasteiger partial charge in [0.25, 0.3) is 0 Å². The number of amides is 1. The summed E-state index contributed by atoms with van der Waals surface area (Å²) in [7, 11) is 1.75. The van der Waals surface area contributed by atoms with Gasteiger partial charge >= 0.3 is 0 Å². The predicted octanol–water partition coefficient (Wildman–Crippen LogP) is 2.38. The molecule has 2 atom stereocenters. The van der Waals surface area contributed by atoms with Crippen molar-refractivity contribution in [2.75, 3.05) is 20.1 Å². The first kappa shape index (κ1) is 15.9. The molecule has 0 radical (unpaired) electrons. The molecule has 0 saturated carbocycles. The number of halogens is 2. The number of nitrogens with one attached hydrogen (secondary N) is 1. The molecule has 5 heteroatoms. The molecule has 0 aliphatic carbocycles. The van der Waals surface area contributed by atoms with Gasteiger partial charge in [-0.25, -0.2) is 4.39 Å². The molecule has 1 saturated heterocycles. The van der Waals surface area contributed by atoms with Crippen molar-refractivity contribution in [3.63, 3.8) is 0 Å². The first-order valence-electron chi connectivity index (χ1n) is 6.32. The molecule has 1 aromatic carbocycles. The summed E-state index contributed by atoms with van der Waals surface area (Å²) in [5, 5.41) is 2.86. The van der Waals surface area contributed by atoms with E-state index in [1.54, 1.807) is 24.1 Å². The molecule has 106 valence electrons. The van der Waals surface area contributed by atoms with Crippen molar-refractivity contribution < 1.29 is 9.18 Å². The Labute approximate surface area is 119 Å². The normalized spacial score (nSPS) is 22.2. The molecule has 1 amide bonds. The average Bonchev–Trinajstić information content (AvgIpc) is 2.72. The van der Waals surface area contributed by atoms with E-state index in [0.717, 1.165) is 6.42 Å². The van der Waals surface area contributed by atoms with Gasteiger partial charge in [0, 0.05) is 12.1 Å². The SMILES string of the molecule is CNCC(=O)N1CC(C)CC1c1ccccc1F.Cl. The van der Waals surface area contributed by atoms with Crippen LogP contribution in [0.15, 0.2) is 24.3 Å². The van der Waals surface area contributed by atoms with Crippen LogP contribution in [0, 0.1) is 11.7 Å². The second-order valence-electron chi connectivity index (χ2n) is 4.95. The summed E-state index contributed by atoms with van der Waals surface area (Å²) in [6, 6.07) is 6.61. The lowest BCUT2D eigenvalue weighted by Gasteiger charge is -2.25. The number of rotatable bonds is 3. The van der Waals surface area contributed by atoms with Crippen LogP contribution in [0.3, 0.4) is 0 Å². The highest BCUT2D eigenvalue weighted by Crippen LogP contribution is 2.36. The largest absolute Gasteiger partial charge is 0.334 e. The lowest BCUT2D eigenvalue weighted by atomic mass is 10.0. The first-order valence-corrected chi connectivity index (χ1v) is 6.32. The molecule has 2 rings (SSSR count). The summed E-state index contributed by atoms with van der Waals surface area (Å²) < 4.78 is 13.8. The minimum Gasteiger partial charge on any atom is -0.334 e. The molecule has 1 aliphatic rings. The third-order valence-corrected chi connectivity index (χ3v) is 3.42. The molecule has 2 unspecified atom stereocenters. The van der Waals surface area contributed by atoms with Crippen LogP contribution in [0.5, 0.6) is 0 Å². The summed E-state index contributed by atoms with van der Waals surface area (Å²) in [6.07, 6.45) is 0.830. The summed E-state index contributed by atoms with van der Waals surface area (Å²) in [6.45, 7) is 3.11. The zero-order valence-electron chi connectivity index (χ0n) is 11.2. The molecule has 1 fully saturated rings. The van der Waals surface area contributed by atoms with Crippen LogP contribution >= 0.6 is 12.4 Å². The third kappa shape index (κ3) is 3.45. The highest BCUT2D eigenvalue weighted by atomic mass is 35.5. The van der Waals surface area contributed by atoms with Crippen LogP contribution in [0.2, 0.25) is 0 Å². The maximum atomic E-state index is 13.8. The molecule has 1 aliphatic heterocycles. The molecule has 0 spiro atoms. The smallest absolute Gasteiger partial charge is 0.237 e. The fourth-order valence-corrected chi connectivity index (χ4v) is 2.61.